The number of rotatable bonds is 1. The largest absolute Gasteiger partial charge is 0.497 e. The second-order valence-corrected chi connectivity index (χ2v) is 5.08. The standard InChI is InChI=1S/C14H19NO.ClH/c1-16-12-5-4-11-3-2-6-14(13(11)9-12)7-8-15-10-14;/h4-5,9,15H,2-3,6-8,10H2,1H3;1H. The van der Waals surface area contributed by atoms with Crippen LogP contribution in [0.25, 0.3) is 0 Å². The van der Waals surface area contributed by atoms with Gasteiger partial charge in [0.05, 0.1) is 7.11 Å². The molecule has 1 aliphatic heterocycles. The fourth-order valence-electron chi connectivity index (χ4n) is 3.33. The molecule has 2 nitrogen and oxygen atoms in total. The smallest absolute Gasteiger partial charge is 0.119 e. The minimum Gasteiger partial charge on any atom is -0.497 e. The van der Waals surface area contributed by atoms with Gasteiger partial charge in [0.2, 0.25) is 0 Å². The molecule has 1 spiro atoms. The normalized spacial score (nSPS) is 26.4. The van der Waals surface area contributed by atoms with Gasteiger partial charge >= 0.3 is 0 Å². The van der Waals surface area contributed by atoms with E-state index in [-0.39, 0.29) is 12.4 Å². The molecule has 1 aromatic carbocycles. The average Bonchev–Trinajstić information content (AvgIpc) is 2.79. The first-order chi connectivity index (χ1) is 7.84. The van der Waals surface area contributed by atoms with Gasteiger partial charge in [0, 0.05) is 12.0 Å². The van der Waals surface area contributed by atoms with Gasteiger partial charge in [-0.2, -0.15) is 0 Å². The predicted octanol–water partition coefficient (Wildman–Crippen LogP) is 2.68. The third-order valence-electron chi connectivity index (χ3n) is 4.23. The van der Waals surface area contributed by atoms with Crippen molar-refractivity contribution in [2.75, 3.05) is 20.2 Å². The lowest BCUT2D eigenvalue weighted by molar-refractivity contribution is 0.382. The zero-order chi connectivity index (χ0) is 11.0. The molecule has 1 fully saturated rings. The van der Waals surface area contributed by atoms with Crippen molar-refractivity contribution in [3.05, 3.63) is 29.3 Å². The number of ether oxygens (including phenoxy) is 1. The van der Waals surface area contributed by atoms with Crippen molar-refractivity contribution in [1.82, 2.24) is 5.32 Å². The Morgan fingerprint density at radius 2 is 2.18 bits per heavy atom. The van der Waals surface area contributed by atoms with Crippen molar-refractivity contribution in [2.24, 2.45) is 0 Å². The molecular formula is C14H20ClNO. The first kappa shape index (κ1) is 12.7. The monoisotopic (exact) mass is 253 g/mol. The molecule has 3 rings (SSSR count). The van der Waals surface area contributed by atoms with Crippen LogP contribution < -0.4 is 10.1 Å². The fraction of sp³-hybridized carbons (Fsp3) is 0.571. The third kappa shape index (κ3) is 2.04. The summed E-state index contributed by atoms with van der Waals surface area (Å²) in [7, 11) is 1.75. The molecule has 2 aliphatic rings. The Labute approximate surface area is 109 Å². The van der Waals surface area contributed by atoms with E-state index in [0.717, 1.165) is 18.8 Å². The van der Waals surface area contributed by atoms with Crippen molar-refractivity contribution >= 4 is 12.4 Å². The van der Waals surface area contributed by atoms with Crippen LogP contribution in [0.1, 0.15) is 30.4 Å². The van der Waals surface area contributed by atoms with E-state index in [0.29, 0.717) is 5.41 Å². The molecule has 1 atom stereocenters. The Morgan fingerprint density at radius 3 is 2.88 bits per heavy atom. The number of methoxy groups -OCH3 is 1. The Bertz CT molecular complexity index is 399. The summed E-state index contributed by atoms with van der Waals surface area (Å²) in [5.41, 5.74) is 3.49. The highest BCUT2D eigenvalue weighted by molar-refractivity contribution is 5.85. The van der Waals surface area contributed by atoms with E-state index in [1.807, 2.05) is 0 Å². The minimum absolute atomic E-state index is 0. The number of hydrogen-bond acceptors (Lipinski definition) is 2. The Morgan fingerprint density at radius 1 is 1.29 bits per heavy atom. The van der Waals surface area contributed by atoms with Crippen molar-refractivity contribution in [2.45, 2.75) is 31.1 Å². The van der Waals surface area contributed by atoms with Crippen LogP contribution in [0.5, 0.6) is 5.75 Å². The zero-order valence-electron chi connectivity index (χ0n) is 10.3. The van der Waals surface area contributed by atoms with Crippen molar-refractivity contribution in [1.29, 1.82) is 0 Å². The topological polar surface area (TPSA) is 21.3 Å². The van der Waals surface area contributed by atoms with Crippen molar-refractivity contribution in [3.63, 3.8) is 0 Å². The molecule has 1 aliphatic carbocycles. The molecule has 0 radical (unpaired) electrons. The van der Waals surface area contributed by atoms with E-state index < -0.39 is 0 Å². The summed E-state index contributed by atoms with van der Waals surface area (Å²) in [5, 5.41) is 3.52. The van der Waals surface area contributed by atoms with Crippen molar-refractivity contribution < 1.29 is 4.74 Å². The maximum Gasteiger partial charge on any atom is 0.119 e. The zero-order valence-corrected chi connectivity index (χ0v) is 11.1. The number of aryl methyl sites for hydroxylation is 1. The summed E-state index contributed by atoms with van der Waals surface area (Å²) in [4.78, 5) is 0. The van der Waals surface area contributed by atoms with E-state index in [1.165, 1.54) is 31.2 Å². The highest BCUT2D eigenvalue weighted by atomic mass is 35.5. The van der Waals surface area contributed by atoms with Crippen LogP contribution in [0.2, 0.25) is 0 Å². The average molecular weight is 254 g/mol. The molecular weight excluding hydrogens is 234 g/mol. The molecule has 0 amide bonds. The van der Waals surface area contributed by atoms with E-state index in [9.17, 15) is 0 Å². The number of nitrogens with one attached hydrogen (secondary N) is 1. The van der Waals surface area contributed by atoms with Gasteiger partial charge in [0.1, 0.15) is 5.75 Å². The summed E-state index contributed by atoms with van der Waals surface area (Å²) in [6.45, 7) is 2.31. The first-order valence-electron chi connectivity index (χ1n) is 6.22. The summed E-state index contributed by atoms with van der Waals surface area (Å²) < 4.78 is 5.36. The Kier molecular flexibility index (Phi) is 3.64. The van der Waals surface area contributed by atoms with Crippen LogP contribution in [-0.4, -0.2) is 20.2 Å². The molecule has 1 N–H and O–H groups in total. The van der Waals surface area contributed by atoms with Crippen LogP contribution in [0.15, 0.2) is 18.2 Å². The fourth-order valence-corrected chi connectivity index (χ4v) is 3.33. The van der Waals surface area contributed by atoms with Gasteiger partial charge in [0.15, 0.2) is 0 Å². The van der Waals surface area contributed by atoms with Gasteiger partial charge in [-0.1, -0.05) is 6.07 Å². The first-order valence-corrected chi connectivity index (χ1v) is 6.22. The molecule has 3 heteroatoms. The molecule has 0 bridgehead atoms. The molecule has 1 unspecified atom stereocenters. The second kappa shape index (κ2) is 4.87. The van der Waals surface area contributed by atoms with Gasteiger partial charge < -0.3 is 10.1 Å². The second-order valence-electron chi connectivity index (χ2n) is 5.08. The lowest BCUT2D eigenvalue weighted by atomic mass is 9.69. The number of fused-ring (bicyclic) bond motifs is 2. The number of halogens is 1. The van der Waals surface area contributed by atoms with Gasteiger partial charge in [-0.25, -0.2) is 0 Å². The Balaban J connectivity index is 0.00000108. The summed E-state index contributed by atoms with van der Waals surface area (Å²) in [6, 6.07) is 6.62. The highest BCUT2D eigenvalue weighted by Crippen LogP contribution is 2.42. The summed E-state index contributed by atoms with van der Waals surface area (Å²) in [6.07, 6.45) is 5.19. The summed E-state index contributed by atoms with van der Waals surface area (Å²) in [5.74, 6) is 1.01. The maximum absolute atomic E-state index is 5.36. The molecule has 1 saturated heterocycles. The molecule has 1 heterocycles. The van der Waals surface area contributed by atoms with E-state index in [2.05, 4.69) is 23.5 Å². The Hall–Kier alpha value is -0.730. The van der Waals surface area contributed by atoms with Crippen LogP contribution in [-0.2, 0) is 11.8 Å². The van der Waals surface area contributed by atoms with Crippen LogP contribution >= 0.6 is 12.4 Å². The van der Waals surface area contributed by atoms with Gasteiger partial charge in [0.25, 0.3) is 0 Å². The maximum atomic E-state index is 5.36. The van der Waals surface area contributed by atoms with E-state index >= 15 is 0 Å². The third-order valence-corrected chi connectivity index (χ3v) is 4.23. The number of hydrogen-bond donors (Lipinski definition) is 1. The van der Waals surface area contributed by atoms with Gasteiger partial charge in [-0.3, -0.25) is 0 Å². The molecule has 17 heavy (non-hydrogen) atoms. The predicted molar refractivity (Wildman–Crippen MR) is 72.3 cm³/mol. The van der Waals surface area contributed by atoms with E-state index in [1.54, 1.807) is 12.7 Å². The lowest BCUT2D eigenvalue weighted by Crippen LogP contribution is -2.33. The van der Waals surface area contributed by atoms with Crippen LogP contribution in [0, 0.1) is 0 Å². The minimum atomic E-state index is 0. The van der Waals surface area contributed by atoms with Crippen LogP contribution in [0.3, 0.4) is 0 Å². The number of benzene rings is 1. The van der Waals surface area contributed by atoms with Crippen LogP contribution in [0.4, 0.5) is 0 Å². The molecule has 0 saturated carbocycles. The summed E-state index contributed by atoms with van der Waals surface area (Å²) >= 11 is 0. The van der Waals surface area contributed by atoms with Gasteiger partial charge in [-0.15, -0.1) is 12.4 Å². The quantitative estimate of drug-likeness (QED) is 0.831. The SMILES string of the molecule is COc1ccc2c(c1)C1(CCC2)CCNC1.Cl. The van der Waals surface area contributed by atoms with E-state index in [4.69, 9.17) is 4.74 Å². The van der Waals surface area contributed by atoms with Crippen molar-refractivity contribution in [3.8, 4) is 5.75 Å². The molecule has 94 valence electrons. The highest BCUT2D eigenvalue weighted by Gasteiger charge is 2.39. The molecule has 0 aromatic heterocycles. The van der Waals surface area contributed by atoms with Gasteiger partial charge in [-0.05, 0) is 55.5 Å². The lowest BCUT2D eigenvalue weighted by Gasteiger charge is -2.35. The molecule has 1 aromatic rings.